The van der Waals surface area contributed by atoms with Crippen LogP contribution in [0.4, 0.5) is 5.13 Å². The first-order valence-electron chi connectivity index (χ1n) is 9.79. The molecule has 1 aromatic heterocycles. The number of nitrogens with one attached hydrogen (secondary N) is 1. The molecule has 0 saturated carbocycles. The molecule has 0 bridgehead atoms. The van der Waals surface area contributed by atoms with Gasteiger partial charge < -0.3 is 0 Å². The highest BCUT2D eigenvalue weighted by atomic mass is 35.5. The first kappa shape index (κ1) is 20.0. The molecule has 4 rings (SSSR count). The number of halogens is 1. The maximum Gasteiger partial charge on any atom is 0.257 e. The van der Waals surface area contributed by atoms with E-state index >= 15 is 0 Å². The van der Waals surface area contributed by atoms with Gasteiger partial charge in [0.15, 0.2) is 0 Å². The lowest BCUT2D eigenvalue weighted by molar-refractivity contribution is 0.102. The summed E-state index contributed by atoms with van der Waals surface area (Å²) in [7, 11) is 0. The van der Waals surface area contributed by atoms with Gasteiger partial charge in [-0.25, -0.2) is 0 Å². The Morgan fingerprint density at radius 2 is 1.93 bits per heavy atom. The number of piperidine rings is 1. The van der Waals surface area contributed by atoms with Crippen molar-refractivity contribution in [3.05, 3.63) is 64.7 Å². The number of anilines is 1. The Morgan fingerprint density at radius 3 is 2.66 bits per heavy atom. The van der Waals surface area contributed by atoms with E-state index in [2.05, 4.69) is 27.3 Å². The second-order valence-electron chi connectivity index (χ2n) is 7.55. The number of carbonyl (C=O) groups is 1. The monoisotopic (exact) mass is 426 g/mol. The van der Waals surface area contributed by atoms with Crippen LogP contribution in [0.5, 0.6) is 0 Å². The van der Waals surface area contributed by atoms with Gasteiger partial charge in [-0.2, -0.15) is 0 Å². The van der Waals surface area contributed by atoms with Crippen molar-refractivity contribution in [2.45, 2.75) is 26.3 Å². The molecule has 1 aliphatic heterocycles. The van der Waals surface area contributed by atoms with Crippen LogP contribution < -0.4 is 5.32 Å². The molecular weight excluding hydrogens is 404 g/mol. The summed E-state index contributed by atoms with van der Waals surface area (Å²) in [5.74, 6) is 0.584. The van der Waals surface area contributed by atoms with Crippen LogP contribution >= 0.6 is 22.9 Å². The summed E-state index contributed by atoms with van der Waals surface area (Å²) in [4.78, 5) is 15.0. The molecule has 1 fully saturated rings. The molecule has 7 heteroatoms. The number of amides is 1. The third-order valence-corrected chi connectivity index (χ3v) is 6.24. The Labute approximate surface area is 179 Å². The standard InChI is InChI=1S/C22H23ClN4OS/c1-15-3-2-12-27(13-15)14-16-4-6-17(7-5-16)20(28)24-22-26-25-21(29-22)18-8-10-19(23)11-9-18/h4-11,15H,2-3,12-14H2,1H3,(H,24,26,28)/t15-/m0/s1. The summed E-state index contributed by atoms with van der Waals surface area (Å²) in [5, 5.41) is 13.0. The van der Waals surface area contributed by atoms with E-state index in [1.54, 1.807) is 0 Å². The van der Waals surface area contributed by atoms with Gasteiger partial charge in [-0.3, -0.25) is 15.0 Å². The lowest BCUT2D eigenvalue weighted by Gasteiger charge is -2.30. The summed E-state index contributed by atoms with van der Waals surface area (Å²) in [5.41, 5.74) is 2.77. The minimum absolute atomic E-state index is 0.179. The summed E-state index contributed by atoms with van der Waals surface area (Å²) in [6.07, 6.45) is 2.59. The molecule has 2 aromatic carbocycles. The minimum atomic E-state index is -0.179. The van der Waals surface area contributed by atoms with Gasteiger partial charge in [0.05, 0.1) is 0 Å². The quantitative estimate of drug-likeness (QED) is 0.598. The number of carbonyl (C=O) groups excluding carboxylic acids is 1. The predicted octanol–water partition coefficient (Wildman–Crippen LogP) is 5.34. The van der Waals surface area contributed by atoms with Gasteiger partial charge >= 0.3 is 0 Å². The summed E-state index contributed by atoms with van der Waals surface area (Å²) >= 11 is 7.26. The van der Waals surface area contributed by atoms with Gasteiger partial charge in [-0.1, -0.05) is 54.1 Å². The van der Waals surface area contributed by atoms with Crippen molar-refractivity contribution in [1.29, 1.82) is 0 Å². The van der Waals surface area contributed by atoms with Gasteiger partial charge in [0.2, 0.25) is 5.13 Å². The van der Waals surface area contributed by atoms with E-state index in [-0.39, 0.29) is 5.91 Å². The van der Waals surface area contributed by atoms with Crippen molar-refractivity contribution in [3.8, 4) is 10.6 Å². The third-order valence-electron chi connectivity index (χ3n) is 5.10. The first-order chi connectivity index (χ1) is 14.1. The molecule has 0 aliphatic carbocycles. The van der Waals surface area contributed by atoms with Gasteiger partial charge in [0.25, 0.3) is 5.91 Å². The van der Waals surface area contributed by atoms with Crippen LogP contribution in [0.3, 0.4) is 0 Å². The highest BCUT2D eigenvalue weighted by molar-refractivity contribution is 7.18. The Morgan fingerprint density at radius 1 is 1.17 bits per heavy atom. The van der Waals surface area contributed by atoms with Crippen molar-refractivity contribution in [2.75, 3.05) is 18.4 Å². The van der Waals surface area contributed by atoms with Crippen LogP contribution in [0.15, 0.2) is 48.5 Å². The molecule has 5 nitrogen and oxygen atoms in total. The summed E-state index contributed by atoms with van der Waals surface area (Å²) < 4.78 is 0. The normalized spacial score (nSPS) is 17.2. The van der Waals surface area contributed by atoms with Crippen LogP contribution in [-0.4, -0.2) is 34.1 Å². The van der Waals surface area contributed by atoms with E-state index < -0.39 is 0 Å². The lowest BCUT2D eigenvalue weighted by atomic mass is 9.99. The van der Waals surface area contributed by atoms with Crippen LogP contribution in [-0.2, 0) is 6.54 Å². The number of hydrogen-bond acceptors (Lipinski definition) is 5. The predicted molar refractivity (Wildman–Crippen MR) is 118 cm³/mol. The topological polar surface area (TPSA) is 58.1 Å². The zero-order chi connectivity index (χ0) is 20.2. The molecule has 1 atom stereocenters. The Bertz CT molecular complexity index is 971. The average molecular weight is 427 g/mol. The Hall–Kier alpha value is -2.28. The van der Waals surface area contributed by atoms with Crippen molar-refractivity contribution in [2.24, 2.45) is 5.92 Å². The molecule has 1 saturated heterocycles. The molecule has 2 heterocycles. The van der Waals surface area contributed by atoms with Crippen LogP contribution in [0, 0.1) is 5.92 Å². The van der Waals surface area contributed by atoms with Gasteiger partial charge in [0, 0.05) is 29.2 Å². The smallest absolute Gasteiger partial charge is 0.257 e. The van der Waals surface area contributed by atoms with E-state index in [9.17, 15) is 4.79 Å². The van der Waals surface area contributed by atoms with E-state index in [1.165, 1.54) is 29.7 Å². The van der Waals surface area contributed by atoms with Crippen LogP contribution in [0.25, 0.3) is 10.6 Å². The number of hydrogen-bond donors (Lipinski definition) is 1. The molecule has 1 aliphatic rings. The number of benzene rings is 2. The molecule has 29 heavy (non-hydrogen) atoms. The zero-order valence-electron chi connectivity index (χ0n) is 16.3. The van der Waals surface area contributed by atoms with Crippen molar-refractivity contribution >= 4 is 34.0 Å². The molecule has 1 N–H and O–H groups in total. The lowest BCUT2D eigenvalue weighted by Crippen LogP contribution is -2.33. The van der Waals surface area contributed by atoms with E-state index in [4.69, 9.17) is 11.6 Å². The number of likely N-dealkylation sites (tertiary alicyclic amines) is 1. The van der Waals surface area contributed by atoms with E-state index in [0.717, 1.165) is 36.1 Å². The molecular formula is C22H23ClN4OS. The number of nitrogens with zero attached hydrogens (tertiary/aromatic N) is 3. The minimum Gasteiger partial charge on any atom is -0.299 e. The second-order valence-corrected chi connectivity index (χ2v) is 8.97. The first-order valence-corrected chi connectivity index (χ1v) is 11.0. The van der Waals surface area contributed by atoms with Crippen LogP contribution in [0.2, 0.25) is 5.02 Å². The fourth-order valence-electron chi connectivity index (χ4n) is 3.60. The largest absolute Gasteiger partial charge is 0.299 e. The van der Waals surface area contributed by atoms with Crippen LogP contribution in [0.1, 0.15) is 35.7 Å². The summed E-state index contributed by atoms with van der Waals surface area (Å²) in [6.45, 7) is 5.55. The highest BCUT2D eigenvalue weighted by Crippen LogP contribution is 2.27. The molecule has 1 amide bonds. The fourth-order valence-corrected chi connectivity index (χ4v) is 4.47. The summed E-state index contributed by atoms with van der Waals surface area (Å²) in [6, 6.07) is 15.2. The fraction of sp³-hybridized carbons (Fsp3) is 0.318. The van der Waals surface area contributed by atoms with Crippen molar-refractivity contribution < 1.29 is 4.79 Å². The van der Waals surface area contributed by atoms with Gasteiger partial charge in [-0.05, 0) is 55.1 Å². The van der Waals surface area contributed by atoms with Crippen molar-refractivity contribution in [1.82, 2.24) is 15.1 Å². The molecule has 3 aromatic rings. The van der Waals surface area contributed by atoms with Gasteiger partial charge in [0.1, 0.15) is 5.01 Å². The molecule has 0 spiro atoms. The maximum atomic E-state index is 12.5. The second kappa shape index (κ2) is 9.03. The SMILES string of the molecule is C[C@H]1CCCN(Cc2ccc(C(=O)Nc3nnc(-c4ccc(Cl)cc4)s3)cc2)C1. The van der Waals surface area contributed by atoms with E-state index in [1.807, 2.05) is 48.5 Å². The Kier molecular flexibility index (Phi) is 6.23. The third kappa shape index (κ3) is 5.21. The highest BCUT2D eigenvalue weighted by Gasteiger charge is 2.16. The molecule has 0 unspecified atom stereocenters. The zero-order valence-corrected chi connectivity index (χ0v) is 17.8. The molecule has 150 valence electrons. The number of aromatic nitrogens is 2. The van der Waals surface area contributed by atoms with Crippen molar-refractivity contribution in [3.63, 3.8) is 0 Å². The number of rotatable bonds is 5. The molecule has 0 radical (unpaired) electrons. The van der Waals surface area contributed by atoms with Gasteiger partial charge in [-0.15, -0.1) is 10.2 Å². The van der Waals surface area contributed by atoms with E-state index in [0.29, 0.717) is 15.7 Å². The average Bonchev–Trinajstić information content (AvgIpc) is 3.17. The maximum absolute atomic E-state index is 12.5. The Balaban J connectivity index is 1.37.